The summed E-state index contributed by atoms with van der Waals surface area (Å²) in [4.78, 5) is 15.7. The van der Waals surface area contributed by atoms with E-state index in [-0.39, 0.29) is 11.8 Å². The van der Waals surface area contributed by atoms with E-state index >= 15 is 0 Å². The number of amides is 1. The molecule has 1 aromatic carbocycles. The molecule has 17 heavy (non-hydrogen) atoms. The van der Waals surface area contributed by atoms with Gasteiger partial charge in [-0.3, -0.25) is 10.1 Å². The van der Waals surface area contributed by atoms with Gasteiger partial charge in [-0.25, -0.2) is 5.10 Å². The summed E-state index contributed by atoms with van der Waals surface area (Å²) >= 11 is 0. The van der Waals surface area contributed by atoms with Crippen LogP contribution in [0.2, 0.25) is 0 Å². The molecule has 1 saturated carbocycles. The molecule has 0 bridgehead atoms. The summed E-state index contributed by atoms with van der Waals surface area (Å²) < 4.78 is 0. The minimum absolute atomic E-state index is 0.00982. The van der Waals surface area contributed by atoms with Crippen LogP contribution in [-0.2, 0) is 4.79 Å². The van der Waals surface area contributed by atoms with E-state index in [1.54, 1.807) is 0 Å². The summed E-state index contributed by atoms with van der Waals surface area (Å²) in [5, 5.41) is 9.01. The van der Waals surface area contributed by atoms with Gasteiger partial charge in [0.15, 0.2) is 0 Å². The summed E-state index contributed by atoms with van der Waals surface area (Å²) in [5.74, 6) is 0.825. The van der Waals surface area contributed by atoms with Crippen LogP contribution in [0.4, 0.5) is 5.95 Å². The van der Waals surface area contributed by atoms with Gasteiger partial charge in [0.25, 0.3) is 0 Å². The average Bonchev–Trinajstić information content (AvgIpc) is 3.02. The normalized spacial score (nSPS) is 22.1. The molecular weight excluding hydrogens is 216 g/mol. The molecule has 0 aliphatic heterocycles. The zero-order valence-corrected chi connectivity index (χ0v) is 9.13. The number of rotatable bonds is 3. The first-order valence-electron chi connectivity index (χ1n) is 5.56. The highest BCUT2D eigenvalue weighted by Gasteiger charge is 2.43. The number of hydrogen-bond acceptors (Lipinski definition) is 3. The van der Waals surface area contributed by atoms with Crippen LogP contribution in [0.1, 0.15) is 17.9 Å². The van der Waals surface area contributed by atoms with Gasteiger partial charge in [-0.15, -0.1) is 0 Å². The van der Waals surface area contributed by atoms with Crippen molar-refractivity contribution < 1.29 is 4.79 Å². The van der Waals surface area contributed by atoms with Crippen LogP contribution in [-0.4, -0.2) is 21.1 Å². The molecule has 1 aliphatic rings. The number of benzene rings is 1. The Morgan fingerprint density at radius 3 is 2.88 bits per heavy atom. The fourth-order valence-corrected chi connectivity index (χ4v) is 2.03. The molecule has 1 aromatic heterocycles. The SMILES string of the molecule is O=C(Nc1ncn[nH]1)C1CC1c1ccccc1. The molecule has 1 amide bonds. The maximum atomic E-state index is 11.9. The Morgan fingerprint density at radius 1 is 1.35 bits per heavy atom. The highest BCUT2D eigenvalue weighted by atomic mass is 16.2. The molecule has 2 aromatic rings. The van der Waals surface area contributed by atoms with Gasteiger partial charge >= 0.3 is 0 Å². The number of carbonyl (C=O) groups excluding carboxylic acids is 1. The number of hydrogen-bond donors (Lipinski definition) is 2. The molecule has 1 aliphatic carbocycles. The maximum absolute atomic E-state index is 11.9. The third-order valence-corrected chi connectivity index (χ3v) is 3.01. The van der Waals surface area contributed by atoms with Crippen molar-refractivity contribution in [3.63, 3.8) is 0 Å². The molecule has 86 valence electrons. The Kier molecular flexibility index (Phi) is 2.36. The standard InChI is InChI=1S/C12H12N4O/c17-11(15-12-13-7-14-16-12)10-6-9(10)8-4-2-1-3-5-8/h1-5,7,9-10H,6H2,(H2,13,14,15,16,17). The Bertz CT molecular complexity index is 509. The second-order valence-electron chi connectivity index (χ2n) is 4.18. The third kappa shape index (κ3) is 2.04. The fourth-order valence-electron chi connectivity index (χ4n) is 2.03. The Labute approximate surface area is 98.3 Å². The van der Waals surface area contributed by atoms with Crippen molar-refractivity contribution in [1.29, 1.82) is 0 Å². The Balaban J connectivity index is 1.63. The second-order valence-corrected chi connectivity index (χ2v) is 4.18. The molecule has 0 radical (unpaired) electrons. The first kappa shape index (κ1) is 10.0. The van der Waals surface area contributed by atoms with Gasteiger partial charge in [0.2, 0.25) is 11.9 Å². The number of nitrogens with zero attached hydrogens (tertiary/aromatic N) is 2. The maximum Gasteiger partial charge on any atom is 0.230 e. The Hall–Kier alpha value is -2.17. The van der Waals surface area contributed by atoms with Crippen molar-refractivity contribution in [1.82, 2.24) is 15.2 Å². The van der Waals surface area contributed by atoms with Crippen LogP contribution >= 0.6 is 0 Å². The van der Waals surface area contributed by atoms with Crippen LogP contribution in [0.15, 0.2) is 36.7 Å². The lowest BCUT2D eigenvalue weighted by Gasteiger charge is -2.01. The quantitative estimate of drug-likeness (QED) is 0.837. The molecule has 5 heteroatoms. The predicted octanol–water partition coefficient (Wildman–Crippen LogP) is 1.55. The minimum Gasteiger partial charge on any atom is -0.295 e. The van der Waals surface area contributed by atoms with E-state index in [1.165, 1.54) is 11.9 Å². The number of H-pyrrole nitrogens is 1. The fraction of sp³-hybridized carbons (Fsp3) is 0.250. The molecule has 0 spiro atoms. The van der Waals surface area contributed by atoms with Gasteiger partial charge in [0, 0.05) is 5.92 Å². The number of aromatic nitrogens is 3. The van der Waals surface area contributed by atoms with Gasteiger partial charge in [-0.05, 0) is 17.9 Å². The molecule has 5 nitrogen and oxygen atoms in total. The first-order chi connectivity index (χ1) is 8.34. The van der Waals surface area contributed by atoms with Gasteiger partial charge < -0.3 is 0 Å². The third-order valence-electron chi connectivity index (χ3n) is 3.01. The zero-order valence-electron chi connectivity index (χ0n) is 9.13. The number of nitrogens with one attached hydrogen (secondary N) is 2. The predicted molar refractivity (Wildman–Crippen MR) is 62.3 cm³/mol. The van der Waals surface area contributed by atoms with Gasteiger partial charge in [-0.1, -0.05) is 30.3 Å². The number of carbonyl (C=O) groups is 1. The summed E-state index contributed by atoms with van der Waals surface area (Å²) in [5.41, 5.74) is 1.23. The van der Waals surface area contributed by atoms with Crippen molar-refractivity contribution in [2.75, 3.05) is 5.32 Å². The molecular formula is C12H12N4O. The Morgan fingerprint density at radius 2 is 2.18 bits per heavy atom. The highest BCUT2D eigenvalue weighted by molar-refractivity contribution is 5.93. The van der Waals surface area contributed by atoms with Gasteiger partial charge in [0.05, 0.1) is 0 Å². The van der Waals surface area contributed by atoms with Crippen molar-refractivity contribution >= 4 is 11.9 Å². The van der Waals surface area contributed by atoms with E-state index < -0.39 is 0 Å². The molecule has 3 rings (SSSR count). The smallest absolute Gasteiger partial charge is 0.230 e. The molecule has 0 saturated heterocycles. The van der Waals surface area contributed by atoms with Crippen LogP contribution in [0.25, 0.3) is 0 Å². The highest BCUT2D eigenvalue weighted by Crippen LogP contribution is 2.47. The number of anilines is 1. The van der Waals surface area contributed by atoms with Gasteiger partial charge in [-0.2, -0.15) is 10.1 Å². The van der Waals surface area contributed by atoms with Crippen molar-refractivity contribution in [2.24, 2.45) is 5.92 Å². The van der Waals surface area contributed by atoms with Crippen LogP contribution < -0.4 is 5.32 Å². The second kappa shape index (κ2) is 4.01. The largest absolute Gasteiger partial charge is 0.295 e. The van der Waals surface area contributed by atoms with Gasteiger partial charge in [0.1, 0.15) is 6.33 Å². The van der Waals surface area contributed by atoms with Crippen molar-refractivity contribution in [3.05, 3.63) is 42.2 Å². The first-order valence-corrected chi connectivity index (χ1v) is 5.56. The lowest BCUT2D eigenvalue weighted by molar-refractivity contribution is -0.117. The van der Waals surface area contributed by atoms with E-state index in [2.05, 4.69) is 32.6 Å². The molecule has 2 atom stereocenters. The van der Waals surface area contributed by atoms with E-state index in [0.29, 0.717) is 11.9 Å². The summed E-state index contributed by atoms with van der Waals surface area (Å²) in [6.45, 7) is 0. The molecule has 2 N–H and O–H groups in total. The van der Waals surface area contributed by atoms with Crippen LogP contribution in [0.5, 0.6) is 0 Å². The zero-order chi connectivity index (χ0) is 11.7. The van der Waals surface area contributed by atoms with Crippen molar-refractivity contribution in [3.8, 4) is 0 Å². The molecule has 1 heterocycles. The monoisotopic (exact) mass is 228 g/mol. The number of aromatic amines is 1. The van der Waals surface area contributed by atoms with E-state index in [1.807, 2.05) is 18.2 Å². The van der Waals surface area contributed by atoms with Crippen LogP contribution in [0.3, 0.4) is 0 Å². The average molecular weight is 228 g/mol. The summed E-state index contributed by atoms with van der Waals surface area (Å²) in [6, 6.07) is 10.1. The molecule has 2 unspecified atom stereocenters. The lowest BCUT2D eigenvalue weighted by atomic mass is 10.1. The minimum atomic E-state index is 0.00982. The lowest BCUT2D eigenvalue weighted by Crippen LogP contribution is -2.15. The van der Waals surface area contributed by atoms with E-state index in [0.717, 1.165) is 6.42 Å². The summed E-state index contributed by atoms with van der Waals surface area (Å²) in [7, 11) is 0. The summed E-state index contributed by atoms with van der Waals surface area (Å²) in [6.07, 6.45) is 2.28. The molecule has 1 fully saturated rings. The topological polar surface area (TPSA) is 70.7 Å². The van der Waals surface area contributed by atoms with Crippen molar-refractivity contribution in [2.45, 2.75) is 12.3 Å². The van der Waals surface area contributed by atoms with E-state index in [9.17, 15) is 4.79 Å². The van der Waals surface area contributed by atoms with E-state index in [4.69, 9.17) is 0 Å². The van der Waals surface area contributed by atoms with Crippen LogP contribution in [0, 0.1) is 5.92 Å².